The average Bonchev–Trinajstić information content (AvgIpc) is 3.40. The van der Waals surface area contributed by atoms with Gasteiger partial charge in [-0.15, -0.1) is 0 Å². The second kappa shape index (κ2) is 8.19. The summed E-state index contributed by atoms with van der Waals surface area (Å²) in [5.74, 6) is -2.19. The van der Waals surface area contributed by atoms with Gasteiger partial charge in [0.25, 0.3) is 5.92 Å². The Kier molecular flexibility index (Phi) is 5.20. The molecule has 1 aliphatic rings. The maximum atomic E-state index is 13.5. The van der Waals surface area contributed by atoms with Crippen molar-refractivity contribution in [3.8, 4) is 17.1 Å². The van der Waals surface area contributed by atoms with Crippen LogP contribution >= 0.6 is 0 Å². The van der Waals surface area contributed by atoms with Gasteiger partial charge in [0.2, 0.25) is 5.43 Å². The lowest BCUT2D eigenvalue weighted by molar-refractivity contribution is 0.0257. The van der Waals surface area contributed by atoms with Crippen LogP contribution in [-0.4, -0.2) is 48.5 Å². The van der Waals surface area contributed by atoms with Gasteiger partial charge in [0.1, 0.15) is 11.4 Å². The van der Waals surface area contributed by atoms with Crippen LogP contribution < -0.4 is 10.3 Å². The Morgan fingerprint density at radius 2 is 1.91 bits per heavy atom. The zero-order valence-electron chi connectivity index (χ0n) is 17.9. The van der Waals surface area contributed by atoms with Crippen molar-refractivity contribution in [1.82, 2.24) is 29.5 Å². The molecule has 0 N–H and O–H groups in total. The summed E-state index contributed by atoms with van der Waals surface area (Å²) in [6.07, 6.45) is 8.42. The van der Waals surface area contributed by atoms with Crippen LogP contribution in [0.5, 0.6) is 0 Å². The Morgan fingerprint density at radius 1 is 1.09 bits per heavy atom. The maximum absolute atomic E-state index is 13.5. The molecule has 33 heavy (non-hydrogen) atoms. The normalized spacial score (nSPS) is 15.2. The number of rotatable bonds is 5. The van der Waals surface area contributed by atoms with E-state index in [2.05, 4.69) is 20.2 Å². The molecule has 4 heterocycles. The van der Waals surface area contributed by atoms with E-state index in [4.69, 9.17) is 0 Å². The molecule has 1 saturated heterocycles. The summed E-state index contributed by atoms with van der Waals surface area (Å²) in [7, 11) is 1.81. The molecule has 1 aromatic carbocycles. The maximum Gasteiger partial charge on any atom is 0.266 e. The minimum atomic E-state index is -2.67. The summed E-state index contributed by atoms with van der Waals surface area (Å²) in [5.41, 5.74) is 3.25. The van der Waals surface area contributed by atoms with E-state index in [1.54, 1.807) is 39.1 Å². The quantitative estimate of drug-likeness (QED) is 0.466. The third-order valence-electron chi connectivity index (χ3n) is 5.57. The Balaban J connectivity index is 1.36. The summed E-state index contributed by atoms with van der Waals surface area (Å²) in [6, 6.07) is 9.04. The Labute approximate surface area is 188 Å². The molecule has 5 rings (SSSR count). The molecule has 0 unspecified atom stereocenters. The molecule has 0 aliphatic carbocycles. The fourth-order valence-electron chi connectivity index (χ4n) is 3.84. The first-order chi connectivity index (χ1) is 15.9. The summed E-state index contributed by atoms with van der Waals surface area (Å²) < 4.78 is 30.3. The molecule has 1 fully saturated rings. The van der Waals surface area contributed by atoms with Crippen molar-refractivity contribution in [3.63, 3.8) is 0 Å². The Bertz CT molecular complexity index is 1350. The van der Waals surface area contributed by atoms with Crippen molar-refractivity contribution in [2.24, 2.45) is 7.05 Å². The standard InChI is InChI=1S/C23H21F2N7O/c1-30-14-19(13-28-30)32-7-5-21(33)20(29-32)10-16-3-2-4-17(9-16)22-26-11-18(12-27-22)31-8-6-23(24,25)15-31/h2-5,7,9,11-14H,6,8,10,15H2,1H3. The lowest BCUT2D eigenvalue weighted by Crippen LogP contribution is -2.25. The van der Waals surface area contributed by atoms with Crippen molar-refractivity contribution in [2.75, 3.05) is 18.0 Å². The van der Waals surface area contributed by atoms with E-state index in [9.17, 15) is 13.6 Å². The number of anilines is 1. The van der Waals surface area contributed by atoms with Crippen molar-refractivity contribution in [3.05, 3.63) is 82.8 Å². The van der Waals surface area contributed by atoms with E-state index < -0.39 is 5.92 Å². The fourth-order valence-corrected chi connectivity index (χ4v) is 3.84. The van der Waals surface area contributed by atoms with Gasteiger partial charge in [0.05, 0.1) is 37.0 Å². The van der Waals surface area contributed by atoms with Gasteiger partial charge in [-0.3, -0.25) is 9.48 Å². The van der Waals surface area contributed by atoms with E-state index in [1.807, 2.05) is 37.5 Å². The van der Waals surface area contributed by atoms with E-state index >= 15 is 0 Å². The van der Waals surface area contributed by atoms with Gasteiger partial charge in [-0.2, -0.15) is 10.2 Å². The van der Waals surface area contributed by atoms with Crippen LogP contribution in [0, 0.1) is 0 Å². The predicted molar refractivity (Wildman–Crippen MR) is 119 cm³/mol. The highest BCUT2D eigenvalue weighted by molar-refractivity contribution is 5.58. The van der Waals surface area contributed by atoms with Gasteiger partial charge in [-0.1, -0.05) is 18.2 Å². The van der Waals surface area contributed by atoms with Crippen molar-refractivity contribution in [1.29, 1.82) is 0 Å². The number of aromatic nitrogens is 6. The second-order valence-electron chi connectivity index (χ2n) is 8.11. The lowest BCUT2D eigenvalue weighted by Gasteiger charge is -2.17. The number of hydrogen-bond donors (Lipinski definition) is 0. The third kappa shape index (κ3) is 4.50. The third-order valence-corrected chi connectivity index (χ3v) is 5.57. The van der Waals surface area contributed by atoms with Crippen molar-refractivity contribution in [2.45, 2.75) is 18.8 Å². The van der Waals surface area contributed by atoms with Crippen molar-refractivity contribution < 1.29 is 8.78 Å². The molecule has 0 radical (unpaired) electrons. The summed E-state index contributed by atoms with van der Waals surface area (Å²) >= 11 is 0. The number of hydrogen-bond acceptors (Lipinski definition) is 6. The molecule has 8 nitrogen and oxygen atoms in total. The highest BCUT2D eigenvalue weighted by Gasteiger charge is 2.38. The SMILES string of the molecule is Cn1cc(-n2ccc(=O)c(Cc3cccc(-c4ncc(N5CCC(F)(F)C5)cn4)c3)n2)cn1. The molecule has 0 amide bonds. The molecule has 0 saturated carbocycles. The van der Waals surface area contributed by atoms with E-state index in [0.29, 0.717) is 23.6 Å². The molecular formula is C23H21F2N7O. The first kappa shape index (κ1) is 20.9. The molecule has 0 bridgehead atoms. The van der Waals surface area contributed by atoms with Gasteiger partial charge in [0, 0.05) is 44.3 Å². The largest absolute Gasteiger partial charge is 0.363 e. The highest BCUT2D eigenvalue weighted by atomic mass is 19.3. The number of benzene rings is 1. The van der Waals surface area contributed by atoms with Crippen LogP contribution in [0.4, 0.5) is 14.5 Å². The Hall–Kier alpha value is -3.95. The number of alkyl halides is 2. The van der Waals surface area contributed by atoms with Gasteiger partial charge in [-0.05, 0) is 11.6 Å². The van der Waals surface area contributed by atoms with Crippen LogP contribution in [0.1, 0.15) is 17.7 Å². The highest BCUT2D eigenvalue weighted by Crippen LogP contribution is 2.30. The van der Waals surface area contributed by atoms with Crippen LogP contribution in [-0.2, 0) is 13.5 Å². The molecule has 0 atom stereocenters. The second-order valence-corrected chi connectivity index (χ2v) is 8.11. The molecule has 4 aromatic rings. The molecular weight excluding hydrogens is 428 g/mol. The summed E-state index contributed by atoms with van der Waals surface area (Å²) in [5, 5.41) is 8.61. The zero-order valence-corrected chi connectivity index (χ0v) is 17.9. The van der Waals surface area contributed by atoms with Gasteiger partial charge in [-0.25, -0.2) is 23.4 Å². The smallest absolute Gasteiger partial charge is 0.266 e. The van der Waals surface area contributed by atoms with Crippen LogP contribution in [0.15, 0.2) is 66.1 Å². The van der Waals surface area contributed by atoms with Gasteiger partial charge >= 0.3 is 0 Å². The number of nitrogens with zero attached hydrogens (tertiary/aromatic N) is 7. The minimum Gasteiger partial charge on any atom is -0.363 e. The fraction of sp³-hybridized carbons (Fsp3) is 0.261. The van der Waals surface area contributed by atoms with Gasteiger partial charge in [0.15, 0.2) is 5.82 Å². The predicted octanol–water partition coefficient (Wildman–Crippen LogP) is 2.86. The zero-order chi connectivity index (χ0) is 23.0. The summed E-state index contributed by atoms with van der Waals surface area (Å²) in [6.45, 7) is -0.0301. The first-order valence-corrected chi connectivity index (χ1v) is 10.5. The number of halogens is 2. The van der Waals surface area contributed by atoms with Crippen molar-refractivity contribution >= 4 is 5.69 Å². The van der Waals surface area contributed by atoms with E-state index in [1.165, 1.54) is 6.07 Å². The molecule has 3 aromatic heterocycles. The first-order valence-electron chi connectivity index (χ1n) is 10.5. The average molecular weight is 449 g/mol. The van der Waals surface area contributed by atoms with Crippen LogP contribution in [0.3, 0.4) is 0 Å². The van der Waals surface area contributed by atoms with E-state index in [0.717, 1.165) is 16.8 Å². The minimum absolute atomic E-state index is 0.149. The molecule has 1 aliphatic heterocycles. The summed E-state index contributed by atoms with van der Waals surface area (Å²) in [4.78, 5) is 22.7. The van der Waals surface area contributed by atoms with Gasteiger partial charge < -0.3 is 4.90 Å². The van der Waals surface area contributed by atoms with E-state index in [-0.39, 0.29) is 24.9 Å². The van der Waals surface area contributed by atoms with Crippen LogP contribution in [0.2, 0.25) is 0 Å². The van der Waals surface area contributed by atoms with Crippen LogP contribution in [0.25, 0.3) is 17.1 Å². The Morgan fingerprint density at radius 3 is 2.61 bits per heavy atom. The molecule has 168 valence electrons. The molecule has 0 spiro atoms. The lowest BCUT2D eigenvalue weighted by atomic mass is 10.1. The topological polar surface area (TPSA) is 81.7 Å². The number of aryl methyl sites for hydroxylation is 1. The molecule has 10 heteroatoms. The monoisotopic (exact) mass is 449 g/mol.